The predicted molar refractivity (Wildman–Crippen MR) is 86.6 cm³/mol. The van der Waals surface area contributed by atoms with E-state index < -0.39 is 5.92 Å². The number of hydrogen-bond donors (Lipinski definition) is 1. The minimum absolute atomic E-state index is 0.109. The molecule has 1 aromatic carbocycles. The maximum atomic E-state index is 12.3. The lowest BCUT2D eigenvalue weighted by atomic mass is 9.99. The molecule has 0 unspecified atom stereocenters. The van der Waals surface area contributed by atoms with Gasteiger partial charge in [-0.25, -0.2) is 4.98 Å². The number of carbonyl (C=O) groups is 1. The second kappa shape index (κ2) is 6.84. The molecule has 5 nitrogen and oxygen atoms in total. The molecule has 0 aliphatic rings. The van der Waals surface area contributed by atoms with Gasteiger partial charge in [0.2, 0.25) is 0 Å². The van der Waals surface area contributed by atoms with Gasteiger partial charge < -0.3 is 4.98 Å². The molecule has 0 amide bonds. The molecular formula is C18H16N4O. The Labute approximate surface area is 134 Å². The first-order chi connectivity index (χ1) is 11.3. The van der Waals surface area contributed by atoms with Crippen LogP contribution in [0.5, 0.6) is 0 Å². The summed E-state index contributed by atoms with van der Waals surface area (Å²) in [5.41, 5.74) is 2.56. The Morgan fingerprint density at radius 3 is 2.78 bits per heavy atom. The molecule has 2 aromatic heterocycles. The molecule has 114 valence electrons. The van der Waals surface area contributed by atoms with Gasteiger partial charge in [0.25, 0.3) is 0 Å². The van der Waals surface area contributed by atoms with Crippen molar-refractivity contribution in [3.8, 4) is 6.07 Å². The largest absolute Gasteiger partial charge is 0.340 e. The number of nitrogens with one attached hydrogen (secondary N) is 1. The summed E-state index contributed by atoms with van der Waals surface area (Å²) < 4.78 is 0. The lowest BCUT2D eigenvalue weighted by molar-refractivity contribution is -0.119. The van der Waals surface area contributed by atoms with Crippen LogP contribution in [0.15, 0.2) is 48.7 Å². The Balaban J connectivity index is 1.66. The maximum absolute atomic E-state index is 12.3. The predicted octanol–water partition coefficient (Wildman–Crippen LogP) is 3.16. The lowest BCUT2D eigenvalue weighted by Crippen LogP contribution is -2.12. The van der Waals surface area contributed by atoms with Gasteiger partial charge in [0.1, 0.15) is 5.82 Å². The number of Topliss-reactive ketones (excluding diaryl/α,β-unsaturated/α-hetero) is 1. The Bertz CT molecular complexity index is 815. The molecular weight excluding hydrogens is 288 g/mol. The molecule has 0 radical (unpaired) electrons. The number of para-hydroxylation sites is 2. The number of hydrogen-bond acceptors (Lipinski definition) is 4. The lowest BCUT2D eigenvalue weighted by Gasteiger charge is -2.05. The van der Waals surface area contributed by atoms with E-state index in [-0.39, 0.29) is 5.78 Å². The molecule has 5 heteroatoms. The number of H-pyrrole nitrogens is 1. The number of aryl methyl sites for hydroxylation is 1. The summed E-state index contributed by atoms with van der Waals surface area (Å²) in [5, 5.41) is 9.35. The van der Waals surface area contributed by atoms with Crippen molar-refractivity contribution in [2.45, 2.75) is 25.2 Å². The van der Waals surface area contributed by atoms with Crippen LogP contribution in [0.3, 0.4) is 0 Å². The minimum Gasteiger partial charge on any atom is -0.340 e. The highest BCUT2D eigenvalue weighted by Gasteiger charge is 2.23. The Kier molecular flexibility index (Phi) is 4.44. The van der Waals surface area contributed by atoms with Crippen LogP contribution in [0.25, 0.3) is 11.0 Å². The van der Waals surface area contributed by atoms with Gasteiger partial charge in [0, 0.05) is 18.3 Å². The van der Waals surface area contributed by atoms with Crippen LogP contribution in [0.4, 0.5) is 0 Å². The molecule has 0 aliphatic heterocycles. The first-order valence-corrected chi connectivity index (χ1v) is 7.55. The Hall–Kier alpha value is -3.00. The van der Waals surface area contributed by atoms with E-state index in [2.05, 4.69) is 21.0 Å². The molecule has 3 aromatic rings. The van der Waals surface area contributed by atoms with Crippen LogP contribution in [-0.2, 0) is 11.2 Å². The highest BCUT2D eigenvalue weighted by Crippen LogP contribution is 2.20. The second-order valence-corrected chi connectivity index (χ2v) is 5.34. The van der Waals surface area contributed by atoms with E-state index in [1.165, 1.54) is 0 Å². The number of pyridine rings is 1. The van der Waals surface area contributed by atoms with Crippen molar-refractivity contribution in [3.63, 3.8) is 0 Å². The van der Waals surface area contributed by atoms with Crippen LogP contribution >= 0.6 is 0 Å². The summed E-state index contributed by atoms with van der Waals surface area (Å²) in [5.74, 6) is -0.523. The number of nitrogens with zero attached hydrogens (tertiary/aromatic N) is 3. The Morgan fingerprint density at radius 1 is 1.22 bits per heavy atom. The second-order valence-electron chi connectivity index (χ2n) is 5.34. The fourth-order valence-corrected chi connectivity index (χ4v) is 2.53. The number of aromatic nitrogens is 3. The highest BCUT2D eigenvalue weighted by atomic mass is 16.1. The molecule has 1 atom stereocenters. The summed E-state index contributed by atoms with van der Waals surface area (Å²) in [6.07, 6.45) is 3.48. The van der Waals surface area contributed by atoms with Gasteiger partial charge >= 0.3 is 0 Å². The van der Waals surface area contributed by atoms with Gasteiger partial charge in [-0.1, -0.05) is 18.2 Å². The number of aromatic amines is 1. The van der Waals surface area contributed by atoms with Gasteiger partial charge in [0.05, 0.1) is 17.1 Å². The smallest absolute Gasteiger partial charge is 0.162 e. The van der Waals surface area contributed by atoms with Gasteiger partial charge in [-0.2, -0.15) is 5.26 Å². The maximum Gasteiger partial charge on any atom is 0.162 e. The Morgan fingerprint density at radius 2 is 2.04 bits per heavy atom. The number of rotatable bonds is 6. The van der Waals surface area contributed by atoms with Crippen molar-refractivity contribution in [1.82, 2.24) is 15.0 Å². The van der Waals surface area contributed by atoms with Crippen LogP contribution in [0, 0.1) is 11.3 Å². The quantitative estimate of drug-likeness (QED) is 0.758. The monoisotopic (exact) mass is 304 g/mol. The molecule has 0 bridgehead atoms. The van der Waals surface area contributed by atoms with E-state index in [0.717, 1.165) is 23.1 Å². The standard InChI is InChI=1S/C18H16N4O/c19-12-14(18-21-15-8-1-2-9-16(15)22-18)17(23)10-5-7-13-6-3-4-11-20-13/h1-4,6,8-9,11,14H,5,7,10H2,(H,21,22)/t14-/m0/s1. The third kappa shape index (κ3) is 3.43. The fraction of sp³-hybridized carbons (Fsp3) is 0.222. The van der Waals surface area contributed by atoms with E-state index in [1.807, 2.05) is 42.5 Å². The highest BCUT2D eigenvalue weighted by molar-refractivity contribution is 5.88. The van der Waals surface area contributed by atoms with E-state index >= 15 is 0 Å². The summed E-state index contributed by atoms with van der Waals surface area (Å²) in [6, 6.07) is 15.3. The van der Waals surface area contributed by atoms with Crippen molar-refractivity contribution in [1.29, 1.82) is 5.26 Å². The first kappa shape index (κ1) is 14.9. The van der Waals surface area contributed by atoms with Gasteiger partial charge in [-0.3, -0.25) is 9.78 Å². The van der Waals surface area contributed by atoms with Crippen molar-refractivity contribution in [3.05, 3.63) is 60.2 Å². The number of carbonyl (C=O) groups excluding carboxylic acids is 1. The number of nitriles is 1. The van der Waals surface area contributed by atoms with Crippen LogP contribution in [0.1, 0.15) is 30.3 Å². The zero-order valence-electron chi connectivity index (χ0n) is 12.6. The molecule has 1 N–H and O–H groups in total. The van der Waals surface area contributed by atoms with E-state index in [0.29, 0.717) is 18.7 Å². The third-order valence-electron chi connectivity index (χ3n) is 3.71. The SMILES string of the molecule is N#C[C@@H](C(=O)CCCc1ccccn1)c1nc2ccccc2[nH]1. The number of ketones is 1. The number of benzene rings is 1. The molecule has 0 aliphatic carbocycles. The summed E-state index contributed by atoms with van der Waals surface area (Å²) in [7, 11) is 0. The molecule has 0 spiro atoms. The van der Waals surface area contributed by atoms with Crippen molar-refractivity contribution < 1.29 is 4.79 Å². The van der Waals surface area contributed by atoms with Crippen LogP contribution in [0.2, 0.25) is 0 Å². The summed E-state index contributed by atoms with van der Waals surface area (Å²) in [6.45, 7) is 0. The van der Waals surface area contributed by atoms with E-state index in [9.17, 15) is 10.1 Å². The molecule has 0 saturated carbocycles. The first-order valence-electron chi connectivity index (χ1n) is 7.55. The van der Waals surface area contributed by atoms with Gasteiger partial charge in [-0.15, -0.1) is 0 Å². The summed E-state index contributed by atoms with van der Waals surface area (Å²) in [4.78, 5) is 24.0. The summed E-state index contributed by atoms with van der Waals surface area (Å²) >= 11 is 0. The zero-order chi connectivity index (χ0) is 16.1. The number of imidazole rings is 1. The average Bonchev–Trinajstić information content (AvgIpc) is 3.00. The minimum atomic E-state index is -0.842. The molecule has 3 rings (SSSR count). The molecule has 0 saturated heterocycles. The normalized spacial score (nSPS) is 12.0. The topological polar surface area (TPSA) is 82.4 Å². The van der Waals surface area contributed by atoms with E-state index in [4.69, 9.17) is 0 Å². The van der Waals surface area contributed by atoms with Crippen LogP contribution < -0.4 is 0 Å². The molecule has 2 heterocycles. The van der Waals surface area contributed by atoms with Crippen molar-refractivity contribution in [2.24, 2.45) is 0 Å². The van der Waals surface area contributed by atoms with E-state index in [1.54, 1.807) is 6.20 Å². The van der Waals surface area contributed by atoms with Gasteiger partial charge in [0.15, 0.2) is 11.7 Å². The fourth-order valence-electron chi connectivity index (χ4n) is 2.53. The van der Waals surface area contributed by atoms with Gasteiger partial charge in [-0.05, 0) is 37.1 Å². The molecule has 23 heavy (non-hydrogen) atoms. The average molecular weight is 304 g/mol. The zero-order valence-corrected chi connectivity index (χ0v) is 12.6. The van der Waals surface area contributed by atoms with Crippen molar-refractivity contribution >= 4 is 16.8 Å². The number of fused-ring (bicyclic) bond motifs is 1. The molecule has 0 fully saturated rings. The van der Waals surface area contributed by atoms with Crippen molar-refractivity contribution in [2.75, 3.05) is 0 Å². The van der Waals surface area contributed by atoms with Crippen LogP contribution in [-0.4, -0.2) is 20.7 Å². The third-order valence-corrected chi connectivity index (χ3v) is 3.71.